The largest absolute Gasteiger partial charge is 0.299 e. The zero-order valence-electron chi connectivity index (χ0n) is 12.2. The number of carbonyl (C=O) groups excluding carboxylic acids is 1. The summed E-state index contributed by atoms with van der Waals surface area (Å²) in [5.41, 5.74) is 0. The highest BCUT2D eigenvalue weighted by Crippen LogP contribution is 2.14. The van der Waals surface area contributed by atoms with Gasteiger partial charge in [0.05, 0.1) is 5.92 Å². The maximum Gasteiger partial charge on any atom is 0.141 e. The second kappa shape index (κ2) is 13.2. The van der Waals surface area contributed by atoms with Crippen molar-refractivity contribution in [2.24, 2.45) is 5.92 Å². The second-order valence-electron chi connectivity index (χ2n) is 5.15. The molecule has 2 heteroatoms. The summed E-state index contributed by atoms with van der Waals surface area (Å²) >= 11 is 4.84. The van der Waals surface area contributed by atoms with Crippen LogP contribution in [0.5, 0.6) is 0 Å². The Kier molecular flexibility index (Phi) is 13.0. The molecule has 105 valence electrons. The minimum Gasteiger partial charge on any atom is -0.299 e. The van der Waals surface area contributed by atoms with Crippen LogP contribution in [-0.2, 0) is 4.79 Å². The van der Waals surface area contributed by atoms with E-state index in [9.17, 15) is 4.79 Å². The lowest BCUT2D eigenvalue weighted by molar-refractivity contribution is -0.121. The summed E-state index contributed by atoms with van der Waals surface area (Å²) in [6.45, 7) is 4.37. The van der Waals surface area contributed by atoms with E-state index in [1.54, 1.807) is 0 Å². The monoisotopic (exact) mass is 269 g/mol. The van der Waals surface area contributed by atoms with Crippen molar-refractivity contribution in [3.8, 4) is 0 Å². The summed E-state index contributed by atoms with van der Waals surface area (Å²) in [6, 6.07) is 0. The first kappa shape index (κ1) is 17.8. The van der Waals surface area contributed by atoms with E-state index in [1.165, 1.54) is 38.5 Å². The van der Waals surface area contributed by atoms with Gasteiger partial charge in [-0.2, -0.15) is 0 Å². The third-order valence-corrected chi connectivity index (χ3v) is 3.69. The molecule has 1 atom stereocenters. The molecular weight excluding hydrogens is 240 g/mol. The van der Waals surface area contributed by atoms with Crippen LogP contribution in [0.15, 0.2) is 0 Å². The fourth-order valence-electron chi connectivity index (χ4n) is 2.12. The van der Waals surface area contributed by atoms with Gasteiger partial charge in [0.25, 0.3) is 0 Å². The van der Waals surface area contributed by atoms with Crippen LogP contribution in [0.25, 0.3) is 0 Å². The highest BCUT2D eigenvalue weighted by atomic mass is 32.1. The summed E-state index contributed by atoms with van der Waals surface area (Å²) in [5.74, 6) is 0.229. The van der Waals surface area contributed by atoms with Crippen molar-refractivity contribution in [1.82, 2.24) is 0 Å². The van der Waals surface area contributed by atoms with Crippen molar-refractivity contribution in [3.05, 3.63) is 0 Å². The zero-order valence-corrected chi connectivity index (χ0v) is 13.0. The van der Waals surface area contributed by atoms with Crippen LogP contribution >= 0.6 is 12.2 Å². The van der Waals surface area contributed by atoms with E-state index in [0.717, 1.165) is 25.7 Å². The molecule has 0 aromatic carbocycles. The Morgan fingerprint density at radius 2 is 1.50 bits per heavy atom. The van der Waals surface area contributed by atoms with Crippen LogP contribution in [0.1, 0.15) is 84.5 Å². The lowest BCUT2D eigenvalue weighted by atomic mass is 9.95. The van der Waals surface area contributed by atoms with E-state index in [0.29, 0.717) is 12.2 Å². The van der Waals surface area contributed by atoms with Crippen LogP contribution in [0.2, 0.25) is 0 Å². The molecule has 0 N–H and O–H groups in total. The van der Waals surface area contributed by atoms with Gasteiger partial charge < -0.3 is 0 Å². The highest BCUT2D eigenvalue weighted by molar-refractivity contribution is 7.79. The molecule has 0 amide bonds. The van der Waals surface area contributed by atoms with Crippen LogP contribution in [0.3, 0.4) is 0 Å². The van der Waals surface area contributed by atoms with Gasteiger partial charge in [-0.15, -0.1) is 0 Å². The first-order valence-corrected chi connectivity index (χ1v) is 8.07. The van der Waals surface area contributed by atoms with Crippen molar-refractivity contribution in [2.75, 3.05) is 0 Å². The fraction of sp³-hybridized carbons (Fsp3) is 0.875. The highest BCUT2D eigenvalue weighted by Gasteiger charge is 2.14. The van der Waals surface area contributed by atoms with Gasteiger partial charge in [0.15, 0.2) is 0 Å². The second-order valence-corrected chi connectivity index (χ2v) is 5.39. The molecule has 1 unspecified atom stereocenters. The Morgan fingerprint density at radius 3 is 2.06 bits per heavy atom. The number of hydrogen-bond acceptors (Lipinski definition) is 2. The number of hydrogen-bond donors (Lipinski definition) is 0. The third kappa shape index (κ3) is 9.76. The average molecular weight is 269 g/mol. The number of ketones is 1. The molecule has 1 nitrogen and oxygen atoms in total. The molecule has 0 aromatic heterocycles. The topological polar surface area (TPSA) is 17.1 Å². The molecule has 0 heterocycles. The summed E-state index contributed by atoms with van der Waals surface area (Å²) < 4.78 is 0. The van der Waals surface area contributed by atoms with E-state index in [2.05, 4.69) is 19.2 Å². The Labute approximate surface area is 119 Å². The lowest BCUT2D eigenvalue weighted by Gasteiger charge is -2.09. The summed E-state index contributed by atoms with van der Waals surface area (Å²) in [6.07, 6.45) is 12.6. The summed E-state index contributed by atoms with van der Waals surface area (Å²) in [4.78, 5) is 11.9. The standard InChI is InChI=1S/C16H29OS/c1-3-5-7-8-9-10-11-13-16(17)15(14-18)12-6-4-2/h15H,3-13H2,1-2H3. The van der Waals surface area contributed by atoms with E-state index >= 15 is 0 Å². The minimum atomic E-state index is -0.0833. The first-order valence-electron chi connectivity index (χ1n) is 7.66. The molecule has 0 bridgehead atoms. The van der Waals surface area contributed by atoms with Crippen LogP contribution in [0.4, 0.5) is 0 Å². The maximum absolute atomic E-state index is 11.9. The molecule has 0 aliphatic rings. The molecule has 0 saturated heterocycles. The van der Waals surface area contributed by atoms with Gasteiger partial charge >= 0.3 is 0 Å². The predicted octanol–water partition coefficient (Wildman–Crippen LogP) is 5.38. The number of Topliss-reactive ketones (excluding diaryl/α,β-unsaturated/α-hetero) is 1. The quantitative estimate of drug-likeness (QED) is 0.330. The molecule has 0 aromatic rings. The zero-order chi connectivity index (χ0) is 13.6. The van der Waals surface area contributed by atoms with Crippen LogP contribution < -0.4 is 0 Å². The molecule has 0 aliphatic heterocycles. The van der Waals surface area contributed by atoms with Crippen molar-refractivity contribution in [3.63, 3.8) is 0 Å². The van der Waals surface area contributed by atoms with Gasteiger partial charge in [-0.05, 0) is 12.8 Å². The van der Waals surface area contributed by atoms with E-state index in [4.69, 9.17) is 12.2 Å². The average Bonchev–Trinajstić information content (AvgIpc) is 2.38. The van der Waals surface area contributed by atoms with Crippen molar-refractivity contribution >= 4 is 23.4 Å². The Balaban J connectivity index is 3.52. The predicted molar refractivity (Wildman–Crippen MR) is 83.2 cm³/mol. The van der Waals surface area contributed by atoms with Gasteiger partial charge in [-0.1, -0.05) is 77.4 Å². The fourth-order valence-corrected chi connectivity index (χ4v) is 2.37. The normalized spacial score (nSPS) is 12.3. The number of unbranched alkanes of at least 4 members (excludes halogenated alkanes) is 7. The molecule has 0 fully saturated rings. The van der Waals surface area contributed by atoms with Gasteiger partial charge in [0.1, 0.15) is 5.78 Å². The van der Waals surface area contributed by atoms with Gasteiger partial charge in [0, 0.05) is 11.8 Å². The van der Waals surface area contributed by atoms with Crippen molar-refractivity contribution in [1.29, 1.82) is 0 Å². The molecule has 0 aliphatic carbocycles. The molecule has 1 radical (unpaired) electrons. The van der Waals surface area contributed by atoms with Crippen LogP contribution in [0, 0.1) is 5.92 Å². The van der Waals surface area contributed by atoms with Gasteiger partial charge in [0.2, 0.25) is 0 Å². The molecule has 0 rings (SSSR count). The van der Waals surface area contributed by atoms with Gasteiger partial charge in [-0.25, -0.2) is 0 Å². The van der Waals surface area contributed by atoms with E-state index in [-0.39, 0.29) is 5.92 Å². The molecular formula is C16H29OS. The van der Waals surface area contributed by atoms with E-state index in [1.807, 2.05) is 0 Å². The number of thiocarbonyl (C=S) groups is 1. The maximum atomic E-state index is 11.9. The van der Waals surface area contributed by atoms with E-state index < -0.39 is 0 Å². The Hall–Kier alpha value is -0.240. The molecule has 18 heavy (non-hydrogen) atoms. The smallest absolute Gasteiger partial charge is 0.141 e. The van der Waals surface area contributed by atoms with Gasteiger partial charge in [-0.3, -0.25) is 4.79 Å². The van der Waals surface area contributed by atoms with Crippen LogP contribution in [-0.4, -0.2) is 11.2 Å². The Bertz CT molecular complexity index is 213. The third-order valence-electron chi connectivity index (χ3n) is 3.40. The lowest BCUT2D eigenvalue weighted by Crippen LogP contribution is -2.14. The van der Waals surface area contributed by atoms with Crippen molar-refractivity contribution < 1.29 is 4.79 Å². The number of carbonyl (C=O) groups is 1. The summed E-state index contributed by atoms with van der Waals surface area (Å²) in [5, 5.41) is 2.74. The molecule has 0 spiro atoms. The Morgan fingerprint density at radius 1 is 0.944 bits per heavy atom. The SMILES string of the molecule is CCCCCCCCCC(=O)C([C]=S)CCCC. The number of rotatable bonds is 13. The summed E-state index contributed by atoms with van der Waals surface area (Å²) in [7, 11) is 0. The molecule has 0 saturated carbocycles. The first-order chi connectivity index (χ1) is 8.76. The van der Waals surface area contributed by atoms with Crippen molar-refractivity contribution in [2.45, 2.75) is 84.5 Å². The minimum absolute atomic E-state index is 0.0833.